The Hall–Kier alpha value is -3.19. The summed E-state index contributed by atoms with van der Waals surface area (Å²) in [6, 6.07) is 32.2. The minimum atomic E-state index is -2.92. The monoisotopic (exact) mass is 710 g/mol. The third kappa shape index (κ3) is 10.7. The molecule has 0 N–H and O–H groups in total. The highest BCUT2D eigenvalue weighted by molar-refractivity contribution is 8.00. The first-order valence-corrected chi connectivity index (χ1v) is 21.5. The number of benzene rings is 3. The first-order chi connectivity index (χ1) is 24.2. The lowest BCUT2D eigenvalue weighted by Gasteiger charge is -2.46. The Balaban J connectivity index is 1.75. The SMILES string of the molecule is CCCCC/C=C/[C@H](Sc1ccccc1)[C@@H]1[C@H](C/C=C\CCCC(=O)OCC)C(=O)C[C@H]1O[Si](c1ccccc1)(c1ccccc1)C(C)(C)C. The van der Waals surface area contributed by atoms with Gasteiger partial charge >= 0.3 is 5.97 Å². The van der Waals surface area contributed by atoms with Crippen molar-refractivity contribution in [1.29, 1.82) is 0 Å². The van der Waals surface area contributed by atoms with Gasteiger partial charge in [-0.05, 0) is 66.6 Å². The van der Waals surface area contributed by atoms with Crippen molar-refractivity contribution in [1.82, 2.24) is 0 Å². The smallest absolute Gasteiger partial charge is 0.305 e. The van der Waals surface area contributed by atoms with Crippen LogP contribution < -0.4 is 10.4 Å². The quantitative estimate of drug-likeness (QED) is 0.0408. The maximum Gasteiger partial charge on any atom is 0.305 e. The van der Waals surface area contributed by atoms with Gasteiger partial charge in [-0.3, -0.25) is 9.59 Å². The maximum atomic E-state index is 14.3. The van der Waals surface area contributed by atoms with Crippen molar-refractivity contribution in [3.8, 4) is 0 Å². The number of carbonyl (C=O) groups is 2. The van der Waals surface area contributed by atoms with Crippen LogP contribution in [0.15, 0.2) is 120 Å². The lowest BCUT2D eigenvalue weighted by atomic mass is 9.87. The van der Waals surface area contributed by atoms with Crippen LogP contribution in [0, 0.1) is 11.8 Å². The summed E-state index contributed by atoms with van der Waals surface area (Å²) in [5.74, 6) is -0.0455. The Bertz CT molecular complexity index is 1460. The molecule has 0 aliphatic heterocycles. The molecular weight excluding hydrogens is 653 g/mol. The van der Waals surface area contributed by atoms with Gasteiger partial charge in [0.15, 0.2) is 0 Å². The maximum absolute atomic E-state index is 14.3. The van der Waals surface area contributed by atoms with E-state index in [-0.39, 0.29) is 40.0 Å². The summed E-state index contributed by atoms with van der Waals surface area (Å²) in [6.07, 6.45) is 16.4. The van der Waals surface area contributed by atoms with E-state index >= 15 is 0 Å². The van der Waals surface area contributed by atoms with Gasteiger partial charge in [0, 0.05) is 34.8 Å². The molecule has 1 saturated carbocycles. The van der Waals surface area contributed by atoms with Crippen LogP contribution in [-0.2, 0) is 18.8 Å². The lowest BCUT2D eigenvalue weighted by Crippen LogP contribution is -2.68. The van der Waals surface area contributed by atoms with E-state index in [0.29, 0.717) is 25.9 Å². The minimum absolute atomic E-state index is 0.0130. The molecule has 0 saturated heterocycles. The molecule has 4 rings (SSSR count). The predicted molar refractivity (Wildman–Crippen MR) is 213 cm³/mol. The Kier molecular flexibility index (Phi) is 15.8. The van der Waals surface area contributed by atoms with E-state index in [1.54, 1.807) is 0 Å². The average Bonchev–Trinajstić information content (AvgIpc) is 3.42. The highest BCUT2D eigenvalue weighted by Crippen LogP contribution is 2.47. The third-order valence-electron chi connectivity index (χ3n) is 9.76. The second-order valence-electron chi connectivity index (χ2n) is 14.4. The molecule has 0 radical (unpaired) electrons. The summed E-state index contributed by atoms with van der Waals surface area (Å²) in [4.78, 5) is 27.3. The first kappa shape index (κ1) is 39.6. The molecule has 0 bridgehead atoms. The summed E-state index contributed by atoms with van der Waals surface area (Å²) in [6.45, 7) is 11.4. The summed E-state index contributed by atoms with van der Waals surface area (Å²) in [5, 5.41) is 2.34. The molecule has 50 heavy (non-hydrogen) atoms. The van der Waals surface area contributed by atoms with Gasteiger partial charge in [-0.2, -0.15) is 0 Å². The van der Waals surface area contributed by atoms with Crippen LogP contribution >= 0.6 is 11.8 Å². The van der Waals surface area contributed by atoms with Crippen molar-refractivity contribution in [3.63, 3.8) is 0 Å². The summed E-state index contributed by atoms with van der Waals surface area (Å²) in [7, 11) is -2.92. The Labute approximate surface area is 307 Å². The van der Waals surface area contributed by atoms with E-state index in [9.17, 15) is 9.59 Å². The van der Waals surface area contributed by atoms with Crippen LogP contribution in [0.2, 0.25) is 5.04 Å². The van der Waals surface area contributed by atoms with Crippen LogP contribution in [0.1, 0.15) is 92.4 Å². The number of esters is 1. The molecule has 4 atom stereocenters. The van der Waals surface area contributed by atoms with Crippen molar-refractivity contribution >= 4 is 42.2 Å². The van der Waals surface area contributed by atoms with Crippen molar-refractivity contribution in [3.05, 3.63) is 115 Å². The molecule has 0 heterocycles. The van der Waals surface area contributed by atoms with E-state index in [4.69, 9.17) is 9.16 Å². The van der Waals surface area contributed by atoms with Crippen LogP contribution in [0.25, 0.3) is 0 Å². The van der Waals surface area contributed by atoms with Gasteiger partial charge in [-0.1, -0.05) is 144 Å². The predicted octanol–water partition coefficient (Wildman–Crippen LogP) is 10.1. The van der Waals surface area contributed by atoms with Crippen LogP contribution in [-0.4, -0.2) is 38.0 Å². The molecule has 1 aliphatic rings. The van der Waals surface area contributed by atoms with E-state index in [2.05, 4.69) is 143 Å². The molecule has 1 fully saturated rings. The fourth-order valence-electron chi connectivity index (χ4n) is 7.33. The number of Topliss-reactive ketones (excluding diaryl/α,β-unsaturated/α-hetero) is 1. The molecule has 4 nitrogen and oxygen atoms in total. The molecule has 0 aromatic heterocycles. The van der Waals surface area contributed by atoms with Gasteiger partial charge in [0.1, 0.15) is 5.78 Å². The number of ether oxygens (including phenoxy) is 1. The second-order valence-corrected chi connectivity index (χ2v) is 19.9. The van der Waals surface area contributed by atoms with Crippen molar-refractivity contribution < 1.29 is 18.8 Å². The van der Waals surface area contributed by atoms with Crippen molar-refractivity contribution in [2.24, 2.45) is 11.8 Å². The number of carbonyl (C=O) groups excluding carboxylic acids is 2. The standard InChI is InChI=1S/C44H58O4SSi/c1-6-8-9-10-23-32-41(49-35-25-16-13-17-26-35)43-38(31-22-11-12-24-33-42(46)47-7-2)39(45)34-40(43)48-50(44(3,4)5,36-27-18-14-19-28-36)37-29-20-15-21-30-37/h11,13-23,25-30,32,38,40-41,43H,6-10,12,24,31,33-34H2,1-5H3/b22-11-,32-23+/t38-,40-,41+,43-/m1/s1. The van der Waals surface area contributed by atoms with E-state index < -0.39 is 8.32 Å². The molecule has 268 valence electrons. The van der Waals surface area contributed by atoms with Gasteiger partial charge in [0.2, 0.25) is 0 Å². The highest BCUT2D eigenvalue weighted by Gasteiger charge is 2.55. The number of allylic oxidation sites excluding steroid dienone is 3. The zero-order valence-corrected chi connectivity index (χ0v) is 32.7. The summed E-state index contributed by atoms with van der Waals surface area (Å²) < 4.78 is 12.9. The number of unbranched alkanes of at least 4 members (excludes halogenated alkanes) is 4. The molecule has 0 amide bonds. The van der Waals surface area contributed by atoms with E-state index in [1.807, 2.05) is 18.7 Å². The molecular formula is C44H58O4SSi. The molecule has 3 aromatic rings. The molecule has 0 spiro atoms. The van der Waals surface area contributed by atoms with Crippen molar-refractivity contribution in [2.45, 2.75) is 114 Å². The van der Waals surface area contributed by atoms with Crippen LogP contribution in [0.5, 0.6) is 0 Å². The second kappa shape index (κ2) is 20.0. The third-order valence-corrected chi connectivity index (χ3v) is 16.1. The van der Waals surface area contributed by atoms with E-state index in [1.165, 1.54) is 34.5 Å². The van der Waals surface area contributed by atoms with Gasteiger partial charge in [-0.15, -0.1) is 11.8 Å². The fourth-order valence-corrected chi connectivity index (χ4v) is 13.4. The first-order valence-electron chi connectivity index (χ1n) is 18.7. The Morgan fingerprint density at radius 2 is 1.44 bits per heavy atom. The number of hydrogen-bond donors (Lipinski definition) is 0. The zero-order valence-electron chi connectivity index (χ0n) is 30.9. The highest BCUT2D eigenvalue weighted by atomic mass is 32.2. The van der Waals surface area contributed by atoms with Crippen LogP contribution in [0.3, 0.4) is 0 Å². The number of hydrogen-bond acceptors (Lipinski definition) is 5. The Morgan fingerprint density at radius 3 is 2.02 bits per heavy atom. The Morgan fingerprint density at radius 1 is 0.840 bits per heavy atom. The van der Waals surface area contributed by atoms with Crippen LogP contribution in [0.4, 0.5) is 0 Å². The topological polar surface area (TPSA) is 52.6 Å². The largest absolute Gasteiger partial charge is 0.466 e. The van der Waals surface area contributed by atoms with Gasteiger partial charge in [0.05, 0.1) is 12.7 Å². The summed E-state index contributed by atoms with van der Waals surface area (Å²) in [5.41, 5.74) is 0. The van der Waals surface area contributed by atoms with Gasteiger partial charge in [-0.25, -0.2) is 0 Å². The summed E-state index contributed by atoms with van der Waals surface area (Å²) >= 11 is 1.86. The van der Waals surface area contributed by atoms with E-state index in [0.717, 1.165) is 19.3 Å². The normalized spacial score (nSPS) is 19.0. The lowest BCUT2D eigenvalue weighted by molar-refractivity contribution is -0.143. The number of ketones is 1. The minimum Gasteiger partial charge on any atom is -0.466 e. The fraction of sp³-hybridized carbons (Fsp3) is 0.455. The zero-order chi connectivity index (χ0) is 35.8. The average molecular weight is 711 g/mol. The number of rotatable bonds is 19. The molecule has 3 aromatic carbocycles. The molecule has 6 heteroatoms. The van der Waals surface area contributed by atoms with Crippen molar-refractivity contribution in [2.75, 3.05) is 6.61 Å². The number of thioether (sulfide) groups is 1. The van der Waals surface area contributed by atoms with Gasteiger partial charge < -0.3 is 9.16 Å². The molecule has 1 aliphatic carbocycles. The molecule has 0 unspecified atom stereocenters. The van der Waals surface area contributed by atoms with Gasteiger partial charge in [0.25, 0.3) is 8.32 Å².